The largest absolute Gasteiger partial charge is 0.349 e. The first-order chi connectivity index (χ1) is 7.65. The molecular weight excluding hydrogens is 247 g/mol. The molecular formula is C10H10Cl2N4. The monoisotopic (exact) mass is 256 g/mol. The van der Waals surface area contributed by atoms with Gasteiger partial charge in [-0.05, 0) is 24.6 Å². The molecule has 0 amide bonds. The average Bonchev–Trinajstić information content (AvgIpc) is 2.63. The van der Waals surface area contributed by atoms with Gasteiger partial charge in [0.1, 0.15) is 5.82 Å². The van der Waals surface area contributed by atoms with Crippen molar-refractivity contribution in [2.45, 2.75) is 13.5 Å². The maximum atomic E-state index is 6.03. The van der Waals surface area contributed by atoms with Crippen LogP contribution in [0.4, 0.5) is 5.95 Å². The summed E-state index contributed by atoms with van der Waals surface area (Å²) in [5, 5.41) is 11.0. The normalized spacial score (nSPS) is 10.4. The van der Waals surface area contributed by atoms with E-state index < -0.39 is 0 Å². The summed E-state index contributed by atoms with van der Waals surface area (Å²) in [6, 6.07) is 5.38. The summed E-state index contributed by atoms with van der Waals surface area (Å²) in [6.45, 7) is 2.40. The number of aromatic amines is 1. The van der Waals surface area contributed by atoms with E-state index in [1.54, 1.807) is 12.1 Å². The van der Waals surface area contributed by atoms with Crippen molar-refractivity contribution >= 4 is 29.2 Å². The SMILES string of the molecule is Cc1nc(NCc2ccc(Cl)cc2Cl)n[nH]1. The third kappa shape index (κ3) is 2.65. The van der Waals surface area contributed by atoms with Crippen molar-refractivity contribution in [2.24, 2.45) is 0 Å². The number of aromatic nitrogens is 3. The number of aryl methyl sites for hydroxylation is 1. The number of hydrogen-bond donors (Lipinski definition) is 2. The molecule has 0 atom stereocenters. The van der Waals surface area contributed by atoms with Gasteiger partial charge in [-0.3, -0.25) is 5.10 Å². The zero-order valence-corrected chi connectivity index (χ0v) is 10.1. The molecule has 2 aromatic rings. The van der Waals surface area contributed by atoms with Crippen LogP contribution < -0.4 is 5.32 Å². The van der Waals surface area contributed by atoms with E-state index in [9.17, 15) is 0 Å². The smallest absolute Gasteiger partial charge is 0.242 e. The van der Waals surface area contributed by atoms with Crippen molar-refractivity contribution in [3.8, 4) is 0 Å². The Balaban J connectivity index is 2.04. The summed E-state index contributed by atoms with van der Waals surface area (Å²) in [5.74, 6) is 1.33. The predicted molar refractivity (Wildman–Crippen MR) is 64.9 cm³/mol. The quantitative estimate of drug-likeness (QED) is 0.888. The lowest BCUT2D eigenvalue weighted by molar-refractivity contribution is 1.02. The van der Waals surface area contributed by atoms with Crippen molar-refractivity contribution in [1.82, 2.24) is 15.2 Å². The molecule has 0 saturated heterocycles. The zero-order valence-electron chi connectivity index (χ0n) is 8.59. The van der Waals surface area contributed by atoms with E-state index in [-0.39, 0.29) is 0 Å². The first-order valence-electron chi connectivity index (χ1n) is 4.72. The highest BCUT2D eigenvalue weighted by molar-refractivity contribution is 6.35. The summed E-state index contributed by atoms with van der Waals surface area (Å²) in [5.41, 5.74) is 0.952. The number of nitrogens with zero attached hydrogens (tertiary/aromatic N) is 2. The zero-order chi connectivity index (χ0) is 11.5. The molecule has 0 aliphatic carbocycles. The molecule has 0 aliphatic rings. The van der Waals surface area contributed by atoms with Crippen LogP contribution in [0.5, 0.6) is 0 Å². The van der Waals surface area contributed by atoms with Crippen molar-refractivity contribution in [2.75, 3.05) is 5.32 Å². The van der Waals surface area contributed by atoms with Gasteiger partial charge < -0.3 is 5.32 Å². The third-order valence-corrected chi connectivity index (χ3v) is 2.64. The molecule has 2 N–H and O–H groups in total. The van der Waals surface area contributed by atoms with E-state index in [0.29, 0.717) is 22.5 Å². The molecule has 1 aromatic heterocycles. The summed E-state index contributed by atoms with van der Waals surface area (Å²) in [7, 11) is 0. The number of nitrogens with one attached hydrogen (secondary N) is 2. The Bertz CT molecular complexity index is 495. The summed E-state index contributed by atoms with van der Waals surface area (Å²) >= 11 is 11.8. The standard InChI is InChI=1S/C10H10Cl2N4/c1-6-14-10(16-15-6)13-5-7-2-3-8(11)4-9(7)12/h2-4H,5H2,1H3,(H2,13,14,15,16). The Hall–Kier alpha value is -1.26. The van der Waals surface area contributed by atoms with Crippen LogP contribution in [0.25, 0.3) is 0 Å². The molecule has 0 spiro atoms. The molecule has 84 valence electrons. The number of halogens is 2. The maximum absolute atomic E-state index is 6.03. The second-order valence-corrected chi connectivity index (χ2v) is 4.18. The van der Waals surface area contributed by atoms with Crippen LogP contribution >= 0.6 is 23.2 Å². The van der Waals surface area contributed by atoms with Crippen LogP contribution in [-0.2, 0) is 6.54 Å². The topological polar surface area (TPSA) is 53.6 Å². The van der Waals surface area contributed by atoms with Crippen LogP contribution in [0.2, 0.25) is 10.0 Å². The molecule has 0 unspecified atom stereocenters. The molecule has 0 fully saturated rings. The van der Waals surface area contributed by atoms with E-state index >= 15 is 0 Å². The van der Waals surface area contributed by atoms with E-state index in [1.165, 1.54) is 0 Å². The van der Waals surface area contributed by atoms with Crippen molar-refractivity contribution in [3.05, 3.63) is 39.6 Å². The second kappa shape index (κ2) is 4.72. The lowest BCUT2D eigenvalue weighted by atomic mass is 10.2. The molecule has 16 heavy (non-hydrogen) atoms. The highest BCUT2D eigenvalue weighted by Gasteiger charge is 2.03. The highest BCUT2D eigenvalue weighted by Crippen LogP contribution is 2.21. The number of anilines is 1. The fraction of sp³-hybridized carbons (Fsp3) is 0.200. The van der Waals surface area contributed by atoms with Gasteiger partial charge in [0.2, 0.25) is 5.95 Å². The van der Waals surface area contributed by atoms with Crippen molar-refractivity contribution < 1.29 is 0 Å². The van der Waals surface area contributed by atoms with Gasteiger partial charge in [0.15, 0.2) is 0 Å². The second-order valence-electron chi connectivity index (χ2n) is 3.33. The minimum Gasteiger partial charge on any atom is -0.349 e. The molecule has 0 saturated carbocycles. The van der Waals surface area contributed by atoms with Gasteiger partial charge in [0, 0.05) is 16.6 Å². The Morgan fingerprint density at radius 1 is 1.38 bits per heavy atom. The number of benzene rings is 1. The fourth-order valence-corrected chi connectivity index (χ4v) is 1.74. The summed E-state index contributed by atoms with van der Waals surface area (Å²) < 4.78 is 0. The molecule has 1 aromatic carbocycles. The minimum absolute atomic E-state index is 0.559. The Labute approximate surface area is 103 Å². The third-order valence-electron chi connectivity index (χ3n) is 2.05. The van der Waals surface area contributed by atoms with Gasteiger partial charge >= 0.3 is 0 Å². The lowest BCUT2D eigenvalue weighted by Crippen LogP contribution is -2.01. The molecule has 0 bridgehead atoms. The molecule has 0 radical (unpaired) electrons. The van der Waals surface area contributed by atoms with Gasteiger partial charge in [0.05, 0.1) is 0 Å². The predicted octanol–water partition coefficient (Wildman–Crippen LogP) is 3.03. The Morgan fingerprint density at radius 3 is 2.81 bits per heavy atom. The first-order valence-corrected chi connectivity index (χ1v) is 5.47. The molecule has 1 heterocycles. The van der Waals surface area contributed by atoms with Gasteiger partial charge in [-0.2, -0.15) is 4.98 Å². The summed E-state index contributed by atoms with van der Waals surface area (Å²) in [4.78, 5) is 4.13. The number of hydrogen-bond acceptors (Lipinski definition) is 3. The first kappa shape index (κ1) is 11.2. The fourth-order valence-electron chi connectivity index (χ4n) is 1.26. The molecule has 2 rings (SSSR count). The van der Waals surface area contributed by atoms with Crippen LogP contribution in [0.1, 0.15) is 11.4 Å². The van der Waals surface area contributed by atoms with E-state index in [1.807, 2.05) is 13.0 Å². The van der Waals surface area contributed by atoms with Crippen LogP contribution in [0, 0.1) is 6.92 Å². The van der Waals surface area contributed by atoms with Crippen LogP contribution in [0.3, 0.4) is 0 Å². The lowest BCUT2D eigenvalue weighted by Gasteiger charge is -2.04. The molecule has 6 heteroatoms. The van der Waals surface area contributed by atoms with Crippen LogP contribution in [0.15, 0.2) is 18.2 Å². The Kier molecular flexibility index (Phi) is 3.31. The minimum atomic E-state index is 0.559. The number of H-pyrrole nitrogens is 1. The van der Waals surface area contributed by atoms with Gasteiger partial charge in [0.25, 0.3) is 0 Å². The molecule has 4 nitrogen and oxygen atoms in total. The van der Waals surface area contributed by atoms with E-state index in [0.717, 1.165) is 11.4 Å². The van der Waals surface area contributed by atoms with E-state index in [4.69, 9.17) is 23.2 Å². The van der Waals surface area contributed by atoms with Crippen LogP contribution in [-0.4, -0.2) is 15.2 Å². The number of rotatable bonds is 3. The molecule has 0 aliphatic heterocycles. The summed E-state index contributed by atoms with van der Waals surface area (Å²) in [6.07, 6.45) is 0. The van der Waals surface area contributed by atoms with Gasteiger partial charge in [-0.25, -0.2) is 0 Å². The maximum Gasteiger partial charge on any atom is 0.242 e. The van der Waals surface area contributed by atoms with Crippen molar-refractivity contribution in [3.63, 3.8) is 0 Å². The van der Waals surface area contributed by atoms with Gasteiger partial charge in [-0.15, -0.1) is 5.10 Å². The van der Waals surface area contributed by atoms with Gasteiger partial charge in [-0.1, -0.05) is 29.3 Å². The average molecular weight is 257 g/mol. The van der Waals surface area contributed by atoms with E-state index in [2.05, 4.69) is 20.5 Å². The Morgan fingerprint density at radius 2 is 2.19 bits per heavy atom. The van der Waals surface area contributed by atoms with Crippen molar-refractivity contribution in [1.29, 1.82) is 0 Å². The highest BCUT2D eigenvalue weighted by atomic mass is 35.5.